The first-order valence-corrected chi connectivity index (χ1v) is 4.86. The molecule has 0 saturated carbocycles. The Morgan fingerprint density at radius 3 is 3.08 bits per heavy atom. The standard InChI is InChI=1S/C7H12N4OS/c1-2-5-6(13-11-10-5)7(12)9-4-3-8/h2-4,8H2,1H3,(H,9,12). The van der Waals surface area contributed by atoms with Crippen LogP contribution >= 0.6 is 11.5 Å². The predicted octanol–water partition coefficient (Wildman–Crippen LogP) is -0.211. The third-order valence-electron chi connectivity index (χ3n) is 1.53. The van der Waals surface area contributed by atoms with Gasteiger partial charge in [0.2, 0.25) is 0 Å². The summed E-state index contributed by atoms with van der Waals surface area (Å²) >= 11 is 1.12. The number of nitrogens with zero attached hydrogens (tertiary/aromatic N) is 2. The van der Waals surface area contributed by atoms with Gasteiger partial charge in [-0.25, -0.2) is 0 Å². The number of nitrogens with two attached hydrogens (primary N) is 1. The molecule has 0 spiro atoms. The van der Waals surface area contributed by atoms with Crippen LogP contribution in [0.5, 0.6) is 0 Å². The number of aryl methyl sites for hydroxylation is 1. The number of hydrogen-bond donors (Lipinski definition) is 2. The van der Waals surface area contributed by atoms with E-state index in [0.717, 1.165) is 23.6 Å². The first-order valence-electron chi connectivity index (χ1n) is 4.09. The normalized spacial score (nSPS) is 10.0. The van der Waals surface area contributed by atoms with Gasteiger partial charge < -0.3 is 11.1 Å². The number of carbonyl (C=O) groups excluding carboxylic acids is 1. The lowest BCUT2D eigenvalue weighted by Crippen LogP contribution is -2.29. The summed E-state index contributed by atoms with van der Waals surface area (Å²) in [5.74, 6) is -0.127. The van der Waals surface area contributed by atoms with Crippen molar-refractivity contribution in [2.24, 2.45) is 5.73 Å². The maximum absolute atomic E-state index is 11.4. The molecule has 1 heterocycles. The van der Waals surface area contributed by atoms with Crippen molar-refractivity contribution in [1.29, 1.82) is 0 Å². The van der Waals surface area contributed by atoms with E-state index in [1.165, 1.54) is 0 Å². The molecule has 0 aliphatic rings. The van der Waals surface area contributed by atoms with E-state index in [4.69, 9.17) is 5.73 Å². The van der Waals surface area contributed by atoms with Crippen LogP contribution in [0.3, 0.4) is 0 Å². The molecule has 0 radical (unpaired) electrons. The third-order valence-corrected chi connectivity index (χ3v) is 2.29. The molecule has 0 aliphatic heterocycles. The first-order chi connectivity index (χ1) is 6.29. The molecule has 3 N–H and O–H groups in total. The summed E-state index contributed by atoms with van der Waals surface area (Å²) in [7, 11) is 0. The topological polar surface area (TPSA) is 80.9 Å². The van der Waals surface area contributed by atoms with Crippen molar-refractivity contribution in [3.63, 3.8) is 0 Å². The van der Waals surface area contributed by atoms with Crippen molar-refractivity contribution in [3.05, 3.63) is 10.6 Å². The van der Waals surface area contributed by atoms with Gasteiger partial charge in [0.1, 0.15) is 4.88 Å². The van der Waals surface area contributed by atoms with Crippen LogP contribution in [0.4, 0.5) is 0 Å². The second-order valence-corrected chi connectivity index (χ2v) is 3.20. The van der Waals surface area contributed by atoms with Crippen LogP contribution in [0, 0.1) is 0 Å². The molecule has 1 amide bonds. The van der Waals surface area contributed by atoms with Crippen molar-refractivity contribution in [3.8, 4) is 0 Å². The van der Waals surface area contributed by atoms with Crippen molar-refractivity contribution in [1.82, 2.24) is 14.9 Å². The van der Waals surface area contributed by atoms with Crippen molar-refractivity contribution in [2.75, 3.05) is 13.1 Å². The molecule has 1 aromatic rings. The van der Waals surface area contributed by atoms with Crippen molar-refractivity contribution in [2.45, 2.75) is 13.3 Å². The Morgan fingerprint density at radius 1 is 1.69 bits per heavy atom. The summed E-state index contributed by atoms with van der Waals surface area (Å²) in [6.07, 6.45) is 0.724. The molecule has 0 unspecified atom stereocenters. The smallest absolute Gasteiger partial charge is 0.264 e. The Labute approximate surface area is 80.5 Å². The highest BCUT2D eigenvalue weighted by molar-refractivity contribution is 7.08. The molecule has 6 heteroatoms. The molecule has 0 aliphatic carbocycles. The molecular formula is C7H12N4OS. The molecule has 5 nitrogen and oxygen atoms in total. The van der Waals surface area contributed by atoms with Gasteiger partial charge in [-0.1, -0.05) is 11.4 Å². The molecule has 1 aromatic heterocycles. The monoisotopic (exact) mass is 200 g/mol. The zero-order valence-electron chi connectivity index (χ0n) is 7.41. The number of amides is 1. The molecule has 1 rings (SSSR count). The van der Waals surface area contributed by atoms with Gasteiger partial charge in [0.15, 0.2) is 0 Å². The summed E-state index contributed by atoms with van der Waals surface area (Å²) in [4.78, 5) is 12.0. The second-order valence-electron chi connectivity index (χ2n) is 2.45. The van der Waals surface area contributed by atoms with Gasteiger partial charge >= 0.3 is 0 Å². The fraction of sp³-hybridized carbons (Fsp3) is 0.571. The highest BCUT2D eigenvalue weighted by atomic mass is 32.1. The van der Waals surface area contributed by atoms with Crippen LogP contribution in [0.25, 0.3) is 0 Å². The molecule has 0 atom stereocenters. The van der Waals surface area contributed by atoms with Crippen LogP contribution < -0.4 is 11.1 Å². The number of hydrogen-bond acceptors (Lipinski definition) is 5. The Kier molecular flexibility index (Phi) is 3.78. The van der Waals surface area contributed by atoms with Gasteiger partial charge in [-0.05, 0) is 18.0 Å². The third kappa shape index (κ3) is 2.46. The van der Waals surface area contributed by atoms with Gasteiger partial charge in [-0.15, -0.1) is 5.10 Å². The van der Waals surface area contributed by atoms with Crippen LogP contribution in [-0.2, 0) is 6.42 Å². The zero-order valence-corrected chi connectivity index (χ0v) is 8.23. The summed E-state index contributed by atoms with van der Waals surface area (Å²) in [5, 5.41) is 6.52. The molecule has 72 valence electrons. The molecular weight excluding hydrogens is 188 g/mol. The first kappa shape index (κ1) is 10.1. The molecule has 0 bridgehead atoms. The predicted molar refractivity (Wildman–Crippen MR) is 50.7 cm³/mol. The summed E-state index contributed by atoms with van der Waals surface area (Å²) in [6.45, 7) is 2.87. The largest absolute Gasteiger partial charge is 0.350 e. The molecule has 0 saturated heterocycles. The molecule has 0 aromatic carbocycles. The minimum absolute atomic E-state index is 0.127. The lowest BCUT2D eigenvalue weighted by molar-refractivity contribution is 0.0957. The number of aromatic nitrogens is 2. The van der Waals surface area contributed by atoms with Gasteiger partial charge in [-0.3, -0.25) is 4.79 Å². The van der Waals surface area contributed by atoms with Crippen LogP contribution in [0.15, 0.2) is 0 Å². The van der Waals surface area contributed by atoms with Gasteiger partial charge in [0.25, 0.3) is 5.91 Å². The van der Waals surface area contributed by atoms with Gasteiger partial charge in [0.05, 0.1) is 5.69 Å². The Bertz CT molecular complexity index is 286. The average molecular weight is 200 g/mol. The van der Waals surface area contributed by atoms with E-state index in [9.17, 15) is 4.79 Å². The maximum Gasteiger partial charge on any atom is 0.264 e. The SMILES string of the molecule is CCc1nnsc1C(=O)NCCN. The van der Waals surface area contributed by atoms with E-state index < -0.39 is 0 Å². The summed E-state index contributed by atoms with van der Waals surface area (Å²) in [6, 6.07) is 0. The maximum atomic E-state index is 11.4. The quantitative estimate of drug-likeness (QED) is 0.704. The van der Waals surface area contributed by atoms with E-state index in [1.807, 2.05) is 6.92 Å². The second kappa shape index (κ2) is 4.88. The lowest BCUT2D eigenvalue weighted by atomic mass is 10.3. The fourth-order valence-electron chi connectivity index (χ4n) is 0.878. The zero-order chi connectivity index (χ0) is 9.68. The van der Waals surface area contributed by atoms with E-state index in [1.54, 1.807) is 0 Å². The molecule has 0 fully saturated rings. The van der Waals surface area contributed by atoms with Crippen LogP contribution in [0.1, 0.15) is 22.3 Å². The van der Waals surface area contributed by atoms with Gasteiger partial charge in [0, 0.05) is 13.1 Å². The minimum atomic E-state index is -0.127. The van der Waals surface area contributed by atoms with E-state index in [2.05, 4.69) is 14.9 Å². The highest BCUT2D eigenvalue weighted by Crippen LogP contribution is 2.10. The highest BCUT2D eigenvalue weighted by Gasteiger charge is 2.13. The number of rotatable bonds is 4. The Morgan fingerprint density at radius 2 is 2.46 bits per heavy atom. The average Bonchev–Trinajstić information content (AvgIpc) is 2.61. The van der Waals surface area contributed by atoms with Crippen molar-refractivity contribution >= 4 is 17.4 Å². The number of nitrogens with one attached hydrogen (secondary N) is 1. The van der Waals surface area contributed by atoms with E-state index in [0.29, 0.717) is 18.0 Å². The lowest BCUT2D eigenvalue weighted by Gasteiger charge is -2.00. The van der Waals surface area contributed by atoms with Crippen LogP contribution in [0.2, 0.25) is 0 Å². The summed E-state index contributed by atoms with van der Waals surface area (Å²) in [5.41, 5.74) is 6.01. The van der Waals surface area contributed by atoms with E-state index in [-0.39, 0.29) is 5.91 Å². The fourth-order valence-corrected chi connectivity index (χ4v) is 1.55. The summed E-state index contributed by atoms with van der Waals surface area (Å²) < 4.78 is 3.72. The van der Waals surface area contributed by atoms with Gasteiger partial charge in [-0.2, -0.15) is 0 Å². The van der Waals surface area contributed by atoms with Crippen molar-refractivity contribution < 1.29 is 4.79 Å². The van der Waals surface area contributed by atoms with E-state index >= 15 is 0 Å². The van der Waals surface area contributed by atoms with Crippen LogP contribution in [-0.4, -0.2) is 28.6 Å². The Hall–Kier alpha value is -1.01. The molecule has 13 heavy (non-hydrogen) atoms. The minimum Gasteiger partial charge on any atom is -0.350 e. The number of carbonyl (C=O) groups is 1. The Balaban J connectivity index is 2.65.